The van der Waals surface area contributed by atoms with Crippen LogP contribution in [0.2, 0.25) is 0 Å². The Labute approximate surface area is 124 Å². The zero-order valence-electron chi connectivity index (χ0n) is 11.4. The quantitative estimate of drug-likeness (QED) is 0.725. The number of allylic oxidation sites excluding steroid dienone is 1. The first-order valence-electron chi connectivity index (χ1n) is 6.75. The minimum Gasteiger partial charge on any atom is -0.295 e. The number of nitrogens with zero attached hydrogens (tertiary/aromatic N) is 3. The van der Waals surface area contributed by atoms with Crippen LogP contribution in [0.15, 0.2) is 58.3 Å². The molecule has 0 fully saturated rings. The first-order chi connectivity index (χ1) is 10.8. The molecule has 106 valence electrons. The Balaban J connectivity index is 1.86. The van der Waals surface area contributed by atoms with Gasteiger partial charge in [0.2, 0.25) is 0 Å². The van der Waals surface area contributed by atoms with Gasteiger partial charge in [-0.2, -0.15) is 0 Å². The van der Waals surface area contributed by atoms with Crippen LogP contribution in [0.25, 0.3) is 23.5 Å². The van der Waals surface area contributed by atoms with Gasteiger partial charge in [0.15, 0.2) is 0 Å². The molecule has 2 aromatic heterocycles. The molecule has 4 rings (SSSR count). The molecule has 2 N–H and O–H groups in total. The summed E-state index contributed by atoms with van der Waals surface area (Å²) in [5, 5.41) is 7.38. The van der Waals surface area contributed by atoms with Gasteiger partial charge in [-0.1, -0.05) is 18.2 Å². The number of hydrogen-bond donors (Lipinski definition) is 2. The highest BCUT2D eigenvalue weighted by Gasteiger charge is 2.12. The number of nitrogens with one attached hydrogen (secondary N) is 2. The number of H-pyrrole nitrogens is 2. The number of benzene rings is 1. The van der Waals surface area contributed by atoms with Gasteiger partial charge in [0, 0.05) is 17.6 Å². The van der Waals surface area contributed by atoms with Crippen molar-refractivity contribution in [3.8, 4) is 11.4 Å². The third kappa shape index (κ3) is 2.07. The summed E-state index contributed by atoms with van der Waals surface area (Å²) in [7, 11) is 0. The Bertz CT molecular complexity index is 1010. The van der Waals surface area contributed by atoms with E-state index in [9.17, 15) is 4.79 Å². The van der Waals surface area contributed by atoms with Crippen molar-refractivity contribution in [2.75, 3.05) is 0 Å². The molecule has 0 radical (unpaired) electrons. The summed E-state index contributed by atoms with van der Waals surface area (Å²) in [5.41, 5.74) is 2.21. The summed E-state index contributed by atoms with van der Waals surface area (Å²) in [4.78, 5) is 24.8. The Morgan fingerprint density at radius 1 is 1.09 bits per heavy atom. The molecule has 0 amide bonds. The summed E-state index contributed by atoms with van der Waals surface area (Å²) in [6.45, 7) is 0. The van der Waals surface area contributed by atoms with Gasteiger partial charge in [-0.3, -0.25) is 25.0 Å². The van der Waals surface area contributed by atoms with Crippen LogP contribution in [0, 0.1) is 0 Å². The zero-order valence-corrected chi connectivity index (χ0v) is 11.4. The van der Waals surface area contributed by atoms with E-state index in [0.717, 1.165) is 16.3 Å². The van der Waals surface area contributed by atoms with Gasteiger partial charge in [-0.15, -0.1) is 0 Å². The second kappa shape index (κ2) is 4.92. The highest BCUT2D eigenvalue weighted by Crippen LogP contribution is 2.18. The van der Waals surface area contributed by atoms with E-state index < -0.39 is 0 Å². The molecule has 1 aliphatic heterocycles. The third-order valence-electron chi connectivity index (χ3n) is 3.42. The van der Waals surface area contributed by atoms with Crippen molar-refractivity contribution in [3.63, 3.8) is 0 Å². The summed E-state index contributed by atoms with van der Waals surface area (Å²) in [5.74, 6) is 0. The van der Waals surface area contributed by atoms with Crippen molar-refractivity contribution in [2.45, 2.75) is 0 Å². The predicted octanol–water partition coefficient (Wildman–Crippen LogP) is 0.615. The Morgan fingerprint density at radius 3 is 2.82 bits per heavy atom. The van der Waals surface area contributed by atoms with Crippen molar-refractivity contribution in [3.05, 3.63) is 75.0 Å². The smallest absolute Gasteiger partial charge is 0.271 e. The van der Waals surface area contributed by atoms with Crippen molar-refractivity contribution >= 4 is 12.2 Å². The van der Waals surface area contributed by atoms with Crippen LogP contribution >= 0.6 is 0 Å². The van der Waals surface area contributed by atoms with E-state index in [1.807, 2.05) is 30.3 Å². The standard InChI is InChI=1S/C16H11N5O/c22-16-12(15(20-21-16)14-9-17-5-6-18-14)8-11-7-10-3-1-2-4-13(10)19-11/h1-9H,(H2,20,21,22)/b11-8+. The number of hydrogen-bond acceptors (Lipinski definition) is 4. The van der Waals surface area contributed by atoms with Crippen LogP contribution in [0.3, 0.4) is 0 Å². The first-order valence-corrected chi connectivity index (χ1v) is 6.75. The number of aromatic nitrogens is 4. The molecule has 3 aromatic rings. The molecule has 1 aromatic carbocycles. The van der Waals surface area contributed by atoms with Crippen LogP contribution in [-0.2, 0) is 0 Å². The zero-order chi connectivity index (χ0) is 14.9. The van der Waals surface area contributed by atoms with Gasteiger partial charge in [0.05, 0.1) is 28.5 Å². The molecular weight excluding hydrogens is 278 g/mol. The molecule has 0 saturated carbocycles. The van der Waals surface area contributed by atoms with Crippen molar-refractivity contribution in [1.82, 2.24) is 20.2 Å². The van der Waals surface area contributed by atoms with Crippen molar-refractivity contribution in [2.24, 2.45) is 4.99 Å². The molecule has 0 unspecified atom stereocenters. The molecular formula is C16H11N5O. The van der Waals surface area contributed by atoms with Gasteiger partial charge >= 0.3 is 0 Å². The van der Waals surface area contributed by atoms with E-state index in [4.69, 9.17) is 0 Å². The van der Waals surface area contributed by atoms with Crippen LogP contribution in [-0.4, -0.2) is 20.2 Å². The SMILES string of the molecule is O=c1[nH][nH]c(-c2cnccn2)c1/C=C1\C=c2ccccc2=N1. The molecule has 0 aliphatic carbocycles. The number of fused-ring (bicyclic) bond motifs is 1. The lowest BCUT2D eigenvalue weighted by atomic mass is 10.1. The van der Waals surface area contributed by atoms with E-state index in [0.29, 0.717) is 17.0 Å². The maximum atomic E-state index is 12.0. The lowest BCUT2D eigenvalue weighted by Gasteiger charge is -1.97. The predicted molar refractivity (Wildman–Crippen MR) is 82.1 cm³/mol. The fourth-order valence-electron chi connectivity index (χ4n) is 2.40. The molecule has 3 heterocycles. The molecule has 1 aliphatic rings. The van der Waals surface area contributed by atoms with Gasteiger partial charge in [0.25, 0.3) is 5.56 Å². The lowest BCUT2D eigenvalue weighted by molar-refractivity contribution is 1.05. The molecule has 6 nitrogen and oxygen atoms in total. The summed E-state index contributed by atoms with van der Waals surface area (Å²) in [6, 6.07) is 7.83. The van der Waals surface area contributed by atoms with Crippen molar-refractivity contribution in [1.29, 1.82) is 0 Å². The second-order valence-corrected chi connectivity index (χ2v) is 4.84. The largest absolute Gasteiger partial charge is 0.295 e. The fourth-order valence-corrected chi connectivity index (χ4v) is 2.40. The topological polar surface area (TPSA) is 86.8 Å². The average molecular weight is 289 g/mol. The fraction of sp³-hybridized carbons (Fsp3) is 0. The Hall–Kier alpha value is -3.28. The van der Waals surface area contributed by atoms with E-state index in [1.165, 1.54) is 0 Å². The molecule has 0 saturated heterocycles. The second-order valence-electron chi connectivity index (χ2n) is 4.84. The summed E-state index contributed by atoms with van der Waals surface area (Å²) >= 11 is 0. The van der Waals surface area contributed by atoms with Gasteiger partial charge in [-0.25, -0.2) is 4.99 Å². The number of aromatic amines is 2. The minimum atomic E-state index is -0.215. The van der Waals surface area contributed by atoms with Crippen LogP contribution < -0.4 is 16.1 Å². The third-order valence-corrected chi connectivity index (χ3v) is 3.42. The minimum absolute atomic E-state index is 0.215. The van der Waals surface area contributed by atoms with E-state index >= 15 is 0 Å². The van der Waals surface area contributed by atoms with E-state index in [-0.39, 0.29) is 5.56 Å². The van der Waals surface area contributed by atoms with Gasteiger partial charge in [-0.05, 0) is 18.2 Å². The average Bonchev–Trinajstić information content (AvgIpc) is 3.12. The van der Waals surface area contributed by atoms with Crippen LogP contribution in [0.1, 0.15) is 5.56 Å². The number of para-hydroxylation sites is 1. The maximum Gasteiger partial charge on any atom is 0.271 e. The highest BCUT2D eigenvalue weighted by molar-refractivity contribution is 5.74. The van der Waals surface area contributed by atoms with Gasteiger partial charge < -0.3 is 0 Å². The summed E-state index contributed by atoms with van der Waals surface area (Å²) in [6.07, 6.45) is 8.47. The van der Waals surface area contributed by atoms with Crippen LogP contribution in [0.5, 0.6) is 0 Å². The lowest BCUT2D eigenvalue weighted by Crippen LogP contribution is -2.19. The Kier molecular flexibility index (Phi) is 2.79. The van der Waals surface area contributed by atoms with Gasteiger partial charge in [0.1, 0.15) is 5.69 Å². The first kappa shape index (κ1) is 12.5. The molecule has 0 spiro atoms. The molecule has 6 heteroatoms. The van der Waals surface area contributed by atoms with Crippen LogP contribution in [0.4, 0.5) is 0 Å². The number of rotatable bonds is 2. The highest BCUT2D eigenvalue weighted by atomic mass is 16.1. The normalized spacial score (nSPS) is 14.5. The van der Waals surface area contributed by atoms with Crippen molar-refractivity contribution < 1.29 is 0 Å². The Morgan fingerprint density at radius 2 is 2.00 bits per heavy atom. The molecule has 0 bridgehead atoms. The molecule has 22 heavy (non-hydrogen) atoms. The summed E-state index contributed by atoms with van der Waals surface area (Å²) < 4.78 is 0. The van der Waals surface area contributed by atoms with E-state index in [1.54, 1.807) is 24.7 Å². The molecule has 0 atom stereocenters. The monoisotopic (exact) mass is 289 g/mol. The van der Waals surface area contributed by atoms with E-state index in [2.05, 4.69) is 25.2 Å². The maximum absolute atomic E-state index is 12.0.